The van der Waals surface area contributed by atoms with Gasteiger partial charge < -0.3 is 4.57 Å². The maximum atomic E-state index is 12.2. The Bertz CT molecular complexity index is 1030. The van der Waals surface area contributed by atoms with E-state index in [1.807, 2.05) is 30.3 Å². The van der Waals surface area contributed by atoms with Gasteiger partial charge >= 0.3 is 5.69 Å². The summed E-state index contributed by atoms with van der Waals surface area (Å²) in [6.07, 6.45) is 1.36. The third-order valence-electron chi connectivity index (χ3n) is 3.63. The van der Waals surface area contributed by atoms with Gasteiger partial charge in [-0.3, -0.25) is 18.7 Å². The Kier molecular flexibility index (Phi) is 3.25. The van der Waals surface area contributed by atoms with E-state index in [9.17, 15) is 14.4 Å². The number of aryl methyl sites for hydroxylation is 1. The third-order valence-corrected chi connectivity index (χ3v) is 3.63. The average Bonchev–Trinajstić information content (AvgIpc) is 2.53. The maximum absolute atomic E-state index is 12.2. The van der Waals surface area contributed by atoms with Gasteiger partial charge in [-0.1, -0.05) is 30.3 Å². The second kappa shape index (κ2) is 5.10. The Balaban J connectivity index is 2.39. The van der Waals surface area contributed by atoms with Gasteiger partial charge in [-0.2, -0.15) is 4.98 Å². The first-order valence-electron chi connectivity index (χ1n) is 6.70. The van der Waals surface area contributed by atoms with Crippen molar-refractivity contribution in [2.24, 2.45) is 14.1 Å². The van der Waals surface area contributed by atoms with E-state index in [-0.39, 0.29) is 11.0 Å². The van der Waals surface area contributed by atoms with Crippen molar-refractivity contribution in [3.63, 3.8) is 0 Å². The minimum absolute atomic E-state index is 0.0805. The second-order valence-corrected chi connectivity index (χ2v) is 5.07. The highest BCUT2D eigenvalue weighted by Gasteiger charge is 2.15. The van der Waals surface area contributed by atoms with Gasteiger partial charge in [-0.25, -0.2) is 4.79 Å². The number of hydrogen-bond donors (Lipinski definition) is 0. The monoisotopic (exact) mass is 298 g/mol. The SMILES string of the molecule is Cn1c(=O)c2c(=O)ncn(Cc3ccccc3)c2n(C)c1=O. The third kappa shape index (κ3) is 2.07. The van der Waals surface area contributed by atoms with Crippen molar-refractivity contribution in [3.8, 4) is 0 Å². The summed E-state index contributed by atoms with van der Waals surface area (Å²) in [5.41, 5.74) is -0.488. The minimum atomic E-state index is -0.629. The molecule has 0 aliphatic rings. The van der Waals surface area contributed by atoms with Gasteiger partial charge in [0.2, 0.25) is 0 Å². The van der Waals surface area contributed by atoms with Crippen LogP contribution in [0.3, 0.4) is 0 Å². The molecule has 0 fully saturated rings. The molecule has 0 amide bonds. The summed E-state index contributed by atoms with van der Waals surface area (Å²) < 4.78 is 3.84. The molecule has 0 radical (unpaired) electrons. The predicted octanol–water partition coefficient (Wildman–Crippen LogP) is -0.158. The normalized spacial score (nSPS) is 11.0. The fourth-order valence-electron chi connectivity index (χ4n) is 2.49. The standard InChI is InChI=1S/C15H14N4O3/c1-17-13-11(14(21)18(2)15(17)22)12(20)16-9-19(13)8-10-6-4-3-5-7-10/h3-7,9H,8H2,1-2H3. The van der Waals surface area contributed by atoms with E-state index in [0.717, 1.165) is 10.1 Å². The van der Waals surface area contributed by atoms with E-state index in [0.29, 0.717) is 6.54 Å². The molecule has 0 unspecified atom stereocenters. The zero-order chi connectivity index (χ0) is 15.9. The van der Waals surface area contributed by atoms with Crippen LogP contribution in [0.1, 0.15) is 5.56 Å². The number of hydrogen-bond acceptors (Lipinski definition) is 4. The van der Waals surface area contributed by atoms with E-state index in [2.05, 4.69) is 4.98 Å². The molecule has 22 heavy (non-hydrogen) atoms. The summed E-state index contributed by atoms with van der Waals surface area (Å²) in [5, 5.41) is -0.0805. The molecule has 0 aliphatic heterocycles. The molecular weight excluding hydrogens is 284 g/mol. The molecule has 0 atom stereocenters. The molecule has 2 heterocycles. The molecule has 2 aromatic heterocycles. The summed E-state index contributed by atoms with van der Waals surface area (Å²) >= 11 is 0. The second-order valence-electron chi connectivity index (χ2n) is 5.07. The molecule has 112 valence electrons. The zero-order valence-electron chi connectivity index (χ0n) is 12.2. The first-order chi connectivity index (χ1) is 10.5. The van der Waals surface area contributed by atoms with Crippen molar-refractivity contribution in [1.29, 1.82) is 0 Å². The molecule has 0 bridgehead atoms. The number of fused-ring (bicyclic) bond motifs is 1. The highest BCUT2D eigenvalue weighted by Crippen LogP contribution is 2.07. The Morgan fingerprint density at radius 3 is 2.36 bits per heavy atom. The largest absolute Gasteiger partial charge is 0.332 e. The van der Waals surface area contributed by atoms with Crippen molar-refractivity contribution in [2.75, 3.05) is 0 Å². The van der Waals surface area contributed by atoms with E-state index < -0.39 is 16.8 Å². The van der Waals surface area contributed by atoms with Crippen molar-refractivity contribution in [3.05, 3.63) is 73.4 Å². The van der Waals surface area contributed by atoms with E-state index in [1.54, 1.807) is 4.57 Å². The lowest BCUT2D eigenvalue weighted by molar-refractivity contribution is 0.673. The van der Waals surface area contributed by atoms with Crippen LogP contribution in [0.15, 0.2) is 51.0 Å². The summed E-state index contributed by atoms with van der Waals surface area (Å²) in [5.74, 6) is 0. The van der Waals surface area contributed by atoms with Gasteiger partial charge in [0, 0.05) is 14.1 Å². The Hall–Kier alpha value is -2.96. The fraction of sp³-hybridized carbons (Fsp3) is 0.200. The Morgan fingerprint density at radius 1 is 1.00 bits per heavy atom. The van der Waals surface area contributed by atoms with Crippen LogP contribution in [0.2, 0.25) is 0 Å². The van der Waals surface area contributed by atoms with E-state index in [1.165, 1.54) is 25.0 Å². The average molecular weight is 298 g/mol. The number of aromatic nitrogens is 4. The van der Waals surface area contributed by atoms with Gasteiger partial charge in [0.25, 0.3) is 11.1 Å². The number of rotatable bonds is 2. The van der Waals surface area contributed by atoms with Crippen LogP contribution in [-0.2, 0) is 20.6 Å². The van der Waals surface area contributed by atoms with Crippen LogP contribution in [-0.4, -0.2) is 18.7 Å². The van der Waals surface area contributed by atoms with Gasteiger partial charge in [0.1, 0.15) is 17.4 Å². The maximum Gasteiger partial charge on any atom is 0.332 e. The van der Waals surface area contributed by atoms with Crippen molar-refractivity contribution < 1.29 is 0 Å². The molecule has 3 rings (SSSR count). The van der Waals surface area contributed by atoms with Crippen LogP contribution >= 0.6 is 0 Å². The van der Waals surface area contributed by atoms with Gasteiger partial charge in [0.15, 0.2) is 0 Å². The zero-order valence-corrected chi connectivity index (χ0v) is 12.2. The van der Waals surface area contributed by atoms with E-state index in [4.69, 9.17) is 0 Å². The molecule has 3 aromatic rings. The van der Waals surface area contributed by atoms with Crippen LogP contribution in [0, 0.1) is 0 Å². The molecule has 7 heteroatoms. The number of nitrogens with zero attached hydrogens (tertiary/aromatic N) is 4. The first-order valence-corrected chi connectivity index (χ1v) is 6.70. The van der Waals surface area contributed by atoms with Gasteiger partial charge in [0.05, 0.1) is 6.54 Å². The van der Waals surface area contributed by atoms with Crippen LogP contribution in [0.5, 0.6) is 0 Å². The Labute approximate surface area is 124 Å². The van der Waals surface area contributed by atoms with E-state index >= 15 is 0 Å². The smallest absolute Gasteiger partial charge is 0.313 e. The highest BCUT2D eigenvalue weighted by atomic mass is 16.2. The highest BCUT2D eigenvalue weighted by molar-refractivity contribution is 5.73. The fourth-order valence-corrected chi connectivity index (χ4v) is 2.49. The summed E-state index contributed by atoms with van der Waals surface area (Å²) in [7, 11) is 2.88. The lowest BCUT2D eigenvalue weighted by Crippen LogP contribution is -2.40. The molecule has 0 N–H and O–H groups in total. The first kappa shape index (κ1) is 14.0. The topological polar surface area (TPSA) is 78.9 Å². The molecule has 0 saturated heterocycles. The molecular formula is C15H14N4O3. The van der Waals surface area contributed by atoms with Gasteiger partial charge in [-0.05, 0) is 5.56 Å². The lowest BCUT2D eigenvalue weighted by Gasteiger charge is -2.13. The molecule has 0 spiro atoms. The van der Waals surface area contributed by atoms with Crippen molar-refractivity contribution in [1.82, 2.24) is 18.7 Å². The van der Waals surface area contributed by atoms with Crippen molar-refractivity contribution >= 4 is 11.0 Å². The number of benzene rings is 1. The molecule has 0 saturated carbocycles. The van der Waals surface area contributed by atoms with Crippen molar-refractivity contribution in [2.45, 2.75) is 6.54 Å². The molecule has 7 nitrogen and oxygen atoms in total. The van der Waals surface area contributed by atoms with Crippen LogP contribution in [0.4, 0.5) is 0 Å². The minimum Gasteiger partial charge on any atom is -0.313 e. The summed E-state index contributed by atoms with van der Waals surface area (Å²) in [6.45, 7) is 0.408. The molecule has 0 aliphatic carbocycles. The molecule has 1 aromatic carbocycles. The summed E-state index contributed by atoms with van der Waals surface area (Å²) in [4.78, 5) is 40.1. The summed E-state index contributed by atoms with van der Waals surface area (Å²) in [6, 6.07) is 9.53. The van der Waals surface area contributed by atoms with Crippen LogP contribution < -0.4 is 16.8 Å². The lowest BCUT2D eigenvalue weighted by atomic mass is 10.2. The predicted molar refractivity (Wildman–Crippen MR) is 82.0 cm³/mol. The van der Waals surface area contributed by atoms with Gasteiger partial charge in [-0.15, -0.1) is 0 Å². The van der Waals surface area contributed by atoms with Crippen LogP contribution in [0.25, 0.3) is 11.0 Å². The quantitative estimate of drug-likeness (QED) is 0.658. The Morgan fingerprint density at radius 2 is 1.68 bits per heavy atom.